The molecule has 1 atom stereocenters. The van der Waals surface area contributed by atoms with E-state index >= 15 is 0 Å². The number of carbonyl (C=O) groups is 1. The summed E-state index contributed by atoms with van der Waals surface area (Å²) in [6, 6.07) is 13.4. The highest BCUT2D eigenvalue weighted by molar-refractivity contribution is 5.95. The molecule has 3 heterocycles. The number of likely N-dealkylation sites (N-methyl/N-ethyl adjacent to an activating group) is 1. The zero-order valence-corrected chi connectivity index (χ0v) is 21.2. The number of aryl methyl sites for hydroxylation is 1. The van der Waals surface area contributed by atoms with Crippen molar-refractivity contribution in [2.75, 3.05) is 30.4 Å². The van der Waals surface area contributed by atoms with Crippen molar-refractivity contribution in [3.05, 3.63) is 59.4 Å². The van der Waals surface area contributed by atoms with E-state index in [-0.39, 0.29) is 11.7 Å². The highest BCUT2D eigenvalue weighted by Gasteiger charge is 2.44. The smallest absolute Gasteiger partial charge is 0.266 e. The van der Waals surface area contributed by atoms with Crippen LogP contribution in [0.3, 0.4) is 0 Å². The van der Waals surface area contributed by atoms with Crippen molar-refractivity contribution in [1.82, 2.24) is 35.1 Å². The van der Waals surface area contributed by atoms with E-state index < -0.39 is 5.54 Å². The van der Waals surface area contributed by atoms with Gasteiger partial charge in [0.2, 0.25) is 0 Å². The molecule has 5 rings (SSSR count). The summed E-state index contributed by atoms with van der Waals surface area (Å²) in [5.74, 6) is 1.24. The van der Waals surface area contributed by atoms with Crippen LogP contribution in [0.5, 0.6) is 0 Å². The van der Waals surface area contributed by atoms with Crippen LogP contribution in [0, 0.1) is 5.41 Å². The molecule has 37 heavy (non-hydrogen) atoms. The summed E-state index contributed by atoms with van der Waals surface area (Å²) in [6.07, 6.45) is 2.00. The van der Waals surface area contributed by atoms with Crippen LogP contribution in [-0.4, -0.2) is 67.0 Å². The maximum Gasteiger partial charge on any atom is 0.266 e. The lowest BCUT2D eigenvalue weighted by Gasteiger charge is -2.39. The Kier molecular flexibility index (Phi) is 6.24. The number of amides is 1. The Hall–Kier alpha value is -4.48. The van der Waals surface area contributed by atoms with Crippen LogP contribution >= 0.6 is 0 Å². The van der Waals surface area contributed by atoms with E-state index in [1.807, 2.05) is 73.0 Å². The minimum absolute atomic E-state index is 0.00322. The van der Waals surface area contributed by atoms with Gasteiger partial charge in [-0.05, 0) is 66.9 Å². The molecule has 2 aromatic heterocycles. The van der Waals surface area contributed by atoms with Crippen molar-refractivity contribution in [3.63, 3.8) is 0 Å². The van der Waals surface area contributed by atoms with Gasteiger partial charge in [-0.25, -0.2) is 4.98 Å². The average Bonchev–Trinajstić information content (AvgIpc) is 3.68. The summed E-state index contributed by atoms with van der Waals surface area (Å²) in [4.78, 5) is 22.4. The van der Waals surface area contributed by atoms with Crippen LogP contribution in [0.2, 0.25) is 0 Å². The highest BCUT2D eigenvalue weighted by atomic mass is 16.2. The van der Waals surface area contributed by atoms with Crippen LogP contribution in [0.15, 0.2) is 42.5 Å². The monoisotopic (exact) mass is 501 g/mol. The van der Waals surface area contributed by atoms with Gasteiger partial charge in [0.05, 0.1) is 17.6 Å². The van der Waals surface area contributed by atoms with Gasteiger partial charge >= 0.3 is 0 Å². The summed E-state index contributed by atoms with van der Waals surface area (Å²) in [7, 11) is 3.79. The second-order valence-electron chi connectivity index (χ2n) is 9.48. The molecule has 5 N–H and O–H groups in total. The number of amidine groups is 1. The first-order valence-corrected chi connectivity index (χ1v) is 12.2. The summed E-state index contributed by atoms with van der Waals surface area (Å²) in [6.45, 7) is 3.89. The third kappa shape index (κ3) is 4.34. The number of nitrogen functional groups attached to an aromatic ring is 1. The SMILES string of the molecule is CN(c1nn[nH]n1)[C@@](C)(C(=O)N1CCCC1)c1ccc2c(c1)nc(CNc1ccc(C(=N)N)cc1)n2C. The molecule has 1 fully saturated rings. The number of anilines is 2. The first-order valence-electron chi connectivity index (χ1n) is 12.2. The normalized spacial score (nSPS) is 15.1. The van der Waals surface area contributed by atoms with Crippen LogP contribution < -0.4 is 16.0 Å². The molecule has 1 aliphatic heterocycles. The maximum absolute atomic E-state index is 13.9. The van der Waals surface area contributed by atoms with Crippen LogP contribution in [-0.2, 0) is 23.9 Å². The van der Waals surface area contributed by atoms with E-state index in [9.17, 15) is 4.79 Å². The van der Waals surface area contributed by atoms with Gasteiger partial charge in [0, 0.05) is 38.4 Å². The van der Waals surface area contributed by atoms with E-state index in [1.54, 1.807) is 4.90 Å². The van der Waals surface area contributed by atoms with Crippen LogP contribution in [0.25, 0.3) is 11.0 Å². The summed E-state index contributed by atoms with van der Waals surface area (Å²) in [5, 5.41) is 25.3. The molecule has 0 bridgehead atoms. The van der Waals surface area contributed by atoms with Gasteiger partial charge in [0.1, 0.15) is 17.2 Å². The quantitative estimate of drug-likeness (QED) is 0.211. The average molecular weight is 502 g/mol. The Morgan fingerprint density at radius 3 is 2.59 bits per heavy atom. The van der Waals surface area contributed by atoms with Crippen molar-refractivity contribution < 1.29 is 4.79 Å². The fourth-order valence-electron chi connectivity index (χ4n) is 4.85. The zero-order valence-electron chi connectivity index (χ0n) is 21.2. The number of H-pyrrole nitrogens is 1. The van der Waals surface area contributed by atoms with Gasteiger partial charge in [0.15, 0.2) is 0 Å². The number of hydrogen-bond acceptors (Lipinski definition) is 8. The summed E-state index contributed by atoms with van der Waals surface area (Å²) >= 11 is 0. The topological polar surface area (TPSA) is 158 Å². The fourth-order valence-corrected chi connectivity index (χ4v) is 4.85. The number of tetrazole rings is 1. The number of aromatic amines is 1. The lowest BCUT2D eigenvalue weighted by molar-refractivity contribution is -0.135. The van der Waals surface area contributed by atoms with Crippen LogP contribution in [0.1, 0.15) is 36.7 Å². The maximum atomic E-state index is 13.9. The number of imidazole rings is 1. The van der Waals surface area contributed by atoms with E-state index in [0.717, 1.165) is 54.0 Å². The van der Waals surface area contributed by atoms with Crippen molar-refractivity contribution in [3.8, 4) is 0 Å². The standard InChI is InChI=1S/C25H31N11O/c1-25(23(37)36-12-4-5-13-36,35(3)24-30-32-33-31-24)17-8-11-20-19(14-17)29-21(34(20)2)15-28-18-9-6-16(7-10-18)22(26)27/h6-11,14,28H,4-5,12-13,15H2,1-3H3,(H3,26,27)(H,30,31,32,33)/t25-/m1/s1. The lowest BCUT2D eigenvalue weighted by Crippen LogP contribution is -2.54. The molecule has 0 aliphatic carbocycles. The number of nitrogens with zero attached hydrogens (tertiary/aromatic N) is 7. The first kappa shape index (κ1) is 24.2. The van der Waals surface area contributed by atoms with Gasteiger partial charge in [0.25, 0.3) is 11.9 Å². The number of carbonyl (C=O) groups excluding carboxylic acids is 1. The summed E-state index contributed by atoms with van der Waals surface area (Å²) < 4.78 is 2.04. The van der Waals surface area contributed by atoms with E-state index in [2.05, 4.69) is 25.9 Å². The number of aromatic nitrogens is 6. The molecule has 1 saturated heterocycles. The molecule has 12 heteroatoms. The fraction of sp³-hybridized carbons (Fsp3) is 0.360. The van der Waals surface area contributed by atoms with Gasteiger partial charge in [-0.2, -0.15) is 5.21 Å². The molecule has 0 unspecified atom stereocenters. The molecule has 1 aliphatic rings. The number of rotatable bonds is 8. The molecule has 0 radical (unpaired) electrons. The van der Waals surface area contributed by atoms with Gasteiger partial charge in [-0.15, -0.1) is 5.10 Å². The Morgan fingerprint density at radius 1 is 1.22 bits per heavy atom. The van der Waals surface area contributed by atoms with E-state index in [0.29, 0.717) is 18.1 Å². The van der Waals surface area contributed by atoms with Crippen LogP contribution in [0.4, 0.5) is 11.6 Å². The van der Waals surface area contributed by atoms with E-state index in [4.69, 9.17) is 16.1 Å². The third-order valence-electron chi connectivity index (χ3n) is 7.30. The molecular weight excluding hydrogens is 470 g/mol. The predicted molar refractivity (Wildman–Crippen MR) is 141 cm³/mol. The second kappa shape index (κ2) is 9.52. The molecule has 192 valence electrons. The van der Waals surface area contributed by atoms with E-state index in [1.165, 1.54) is 0 Å². The summed E-state index contributed by atoms with van der Waals surface area (Å²) in [5.41, 5.74) is 8.65. The largest absolute Gasteiger partial charge is 0.384 e. The molecular formula is C25H31N11O. The molecule has 1 amide bonds. The minimum Gasteiger partial charge on any atom is -0.384 e. The number of benzene rings is 2. The highest BCUT2D eigenvalue weighted by Crippen LogP contribution is 2.34. The molecule has 0 spiro atoms. The minimum atomic E-state index is -1.04. The number of fused-ring (bicyclic) bond motifs is 1. The number of nitrogens with two attached hydrogens (primary N) is 1. The second-order valence-corrected chi connectivity index (χ2v) is 9.48. The molecule has 0 saturated carbocycles. The van der Waals surface area contributed by atoms with Crippen molar-refractivity contribution in [2.24, 2.45) is 12.8 Å². The third-order valence-corrected chi connectivity index (χ3v) is 7.30. The van der Waals surface area contributed by atoms with Gasteiger partial charge < -0.3 is 25.4 Å². The Labute approximate surface area is 214 Å². The van der Waals surface area contributed by atoms with Crippen molar-refractivity contribution in [2.45, 2.75) is 31.8 Å². The number of hydrogen-bond donors (Lipinski definition) is 4. The number of likely N-dealkylation sites (tertiary alicyclic amines) is 1. The molecule has 2 aromatic carbocycles. The predicted octanol–water partition coefficient (Wildman–Crippen LogP) is 1.96. The Balaban J connectivity index is 1.46. The van der Waals surface area contributed by atoms with Crippen molar-refractivity contribution >= 4 is 34.4 Å². The zero-order chi connectivity index (χ0) is 26.2. The van der Waals surface area contributed by atoms with Crippen molar-refractivity contribution in [1.29, 1.82) is 5.41 Å². The molecule has 4 aromatic rings. The number of nitrogens with one attached hydrogen (secondary N) is 3. The van der Waals surface area contributed by atoms with Gasteiger partial charge in [-0.3, -0.25) is 10.2 Å². The Morgan fingerprint density at radius 2 is 1.95 bits per heavy atom. The molecule has 12 nitrogen and oxygen atoms in total. The lowest BCUT2D eigenvalue weighted by atomic mass is 9.88. The Bertz CT molecular complexity index is 1420. The first-order chi connectivity index (χ1) is 17.8. The van der Waals surface area contributed by atoms with Gasteiger partial charge in [-0.1, -0.05) is 11.2 Å².